The molecule has 4 aromatic rings. The van der Waals surface area contributed by atoms with Crippen LogP contribution in [0.15, 0.2) is 55.0 Å². The minimum absolute atomic E-state index is 0.123. The van der Waals surface area contributed by atoms with Gasteiger partial charge in [-0.1, -0.05) is 0 Å². The van der Waals surface area contributed by atoms with Gasteiger partial charge in [-0.25, -0.2) is 9.69 Å². The van der Waals surface area contributed by atoms with E-state index < -0.39 is 30.2 Å². The number of fused-ring (bicyclic) bond motifs is 1. The van der Waals surface area contributed by atoms with E-state index >= 15 is 0 Å². The zero-order chi connectivity index (χ0) is 28.8. The van der Waals surface area contributed by atoms with Crippen LogP contribution in [-0.2, 0) is 11.0 Å². The Bertz CT molecular complexity index is 1660. The summed E-state index contributed by atoms with van der Waals surface area (Å²) in [7, 11) is 3.06. The van der Waals surface area contributed by atoms with E-state index in [1.54, 1.807) is 50.4 Å². The number of carbonyl (C=O) groups excluding carboxylic acids is 2. The molecule has 0 aliphatic carbocycles. The average Bonchev–Trinajstić information content (AvgIpc) is 3.23. The van der Waals surface area contributed by atoms with Crippen LogP contribution in [0.4, 0.5) is 29.3 Å². The van der Waals surface area contributed by atoms with Gasteiger partial charge in [0, 0.05) is 23.8 Å². The molecule has 0 atom stereocenters. The third-order valence-corrected chi connectivity index (χ3v) is 6.70. The molecule has 1 fully saturated rings. The molecule has 0 unspecified atom stereocenters. The zero-order valence-corrected chi connectivity index (χ0v) is 21.9. The highest BCUT2D eigenvalue weighted by Gasteiger charge is 2.40. The first-order valence-corrected chi connectivity index (χ1v) is 12.0. The van der Waals surface area contributed by atoms with E-state index in [4.69, 9.17) is 14.2 Å². The number of urea groups is 1. The van der Waals surface area contributed by atoms with Crippen LogP contribution in [0.1, 0.15) is 16.7 Å². The topological polar surface area (TPSA) is 94.1 Å². The molecule has 206 valence electrons. The molecule has 0 saturated carbocycles. The molecule has 3 amide bonds. The fourth-order valence-corrected chi connectivity index (χ4v) is 4.46. The number of nitrogens with zero attached hydrogens (tertiary/aromatic N) is 4. The van der Waals surface area contributed by atoms with Gasteiger partial charge in [0.2, 0.25) is 0 Å². The van der Waals surface area contributed by atoms with Gasteiger partial charge in [0.25, 0.3) is 5.91 Å². The van der Waals surface area contributed by atoms with Gasteiger partial charge in [0.1, 0.15) is 18.0 Å². The molecule has 12 heteroatoms. The highest BCUT2D eigenvalue weighted by molar-refractivity contribution is 6.27. The lowest BCUT2D eigenvalue weighted by molar-refractivity contribution is -0.137. The van der Waals surface area contributed by atoms with Crippen LogP contribution in [0.3, 0.4) is 0 Å². The summed E-state index contributed by atoms with van der Waals surface area (Å²) in [6.07, 6.45) is -1.27. The molecule has 1 saturated heterocycles. The molecule has 0 bridgehead atoms. The number of pyridine rings is 2. The minimum Gasteiger partial charge on any atom is -0.493 e. The van der Waals surface area contributed by atoms with E-state index in [0.29, 0.717) is 56.9 Å². The highest BCUT2D eigenvalue weighted by Crippen LogP contribution is 2.40. The summed E-state index contributed by atoms with van der Waals surface area (Å²) in [6, 6.07) is 8.40. The van der Waals surface area contributed by atoms with E-state index in [-0.39, 0.29) is 5.69 Å². The number of carbonyl (C=O) groups is 2. The Labute approximate surface area is 226 Å². The van der Waals surface area contributed by atoms with Crippen LogP contribution in [0.5, 0.6) is 23.0 Å². The van der Waals surface area contributed by atoms with E-state index in [1.165, 1.54) is 14.2 Å². The first-order valence-electron chi connectivity index (χ1n) is 12.0. The van der Waals surface area contributed by atoms with Crippen molar-refractivity contribution >= 4 is 34.2 Å². The number of anilines is 2. The first kappa shape index (κ1) is 26.7. The van der Waals surface area contributed by atoms with E-state index in [9.17, 15) is 22.8 Å². The summed E-state index contributed by atoms with van der Waals surface area (Å²) >= 11 is 0. The number of alkyl halides is 3. The van der Waals surface area contributed by atoms with Crippen LogP contribution in [0.25, 0.3) is 10.9 Å². The molecule has 0 N–H and O–H groups in total. The molecule has 9 nitrogen and oxygen atoms in total. The van der Waals surface area contributed by atoms with Gasteiger partial charge in [-0.05, 0) is 55.3 Å². The van der Waals surface area contributed by atoms with Crippen molar-refractivity contribution in [2.24, 2.45) is 0 Å². The number of benzene rings is 2. The van der Waals surface area contributed by atoms with Gasteiger partial charge in [0.05, 0.1) is 42.9 Å². The van der Waals surface area contributed by atoms with E-state index in [0.717, 1.165) is 22.1 Å². The highest BCUT2D eigenvalue weighted by atomic mass is 19.4. The summed E-state index contributed by atoms with van der Waals surface area (Å²) in [6.45, 7) is 3.08. The lowest BCUT2D eigenvalue weighted by Gasteiger charge is -2.21. The van der Waals surface area contributed by atoms with Crippen LogP contribution >= 0.6 is 0 Å². The van der Waals surface area contributed by atoms with Crippen LogP contribution in [0.2, 0.25) is 0 Å². The van der Waals surface area contributed by atoms with Gasteiger partial charge >= 0.3 is 12.2 Å². The molecular formula is C28H23F3N4O5. The lowest BCUT2D eigenvalue weighted by atomic mass is 10.1. The van der Waals surface area contributed by atoms with Crippen molar-refractivity contribution in [3.05, 3.63) is 71.7 Å². The van der Waals surface area contributed by atoms with Crippen molar-refractivity contribution in [3.63, 3.8) is 0 Å². The van der Waals surface area contributed by atoms with Gasteiger partial charge in [0.15, 0.2) is 11.5 Å². The number of halogens is 3. The van der Waals surface area contributed by atoms with E-state index in [2.05, 4.69) is 9.97 Å². The smallest absolute Gasteiger partial charge is 0.417 e. The van der Waals surface area contributed by atoms with Crippen molar-refractivity contribution in [2.75, 3.05) is 30.6 Å². The fourth-order valence-electron chi connectivity index (χ4n) is 4.46. The van der Waals surface area contributed by atoms with Gasteiger partial charge in [-0.3, -0.25) is 19.7 Å². The van der Waals surface area contributed by atoms with Gasteiger partial charge in [-0.2, -0.15) is 13.2 Å². The molecule has 2 aromatic carbocycles. The summed E-state index contributed by atoms with van der Waals surface area (Å²) in [5.74, 6) is 1.41. The second kappa shape index (κ2) is 10.0. The molecule has 5 rings (SSSR count). The normalized spacial score (nSPS) is 13.8. The Morgan fingerprint density at radius 2 is 1.60 bits per heavy atom. The maximum Gasteiger partial charge on any atom is 0.417 e. The Morgan fingerprint density at radius 1 is 0.875 bits per heavy atom. The Balaban J connectivity index is 1.46. The number of amides is 3. The minimum atomic E-state index is -4.64. The number of imide groups is 1. The maximum absolute atomic E-state index is 13.2. The summed E-state index contributed by atoms with van der Waals surface area (Å²) in [5, 5.41) is 0.677. The number of hydrogen-bond donors (Lipinski definition) is 0. The van der Waals surface area contributed by atoms with Crippen LogP contribution < -0.4 is 24.0 Å². The maximum atomic E-state index is 13.2. The predicted octanol–water partition coefficient (Wildman–Crippen LogP) is 6.05. The largest absolute Gasteiger partial charge is 0.493 e. The number of rotatable bonds is 6. The first-order chi connectivity index (χ1) is 19.0. The quantitative estimate of drug-likeness (QED) is 0.269. The number of hydrogen-bond acceptors (Lipinski definition) is 7. The molecule has 1 aliphatic rings. The standard InChI is InChI=1S/C28H23F3N4O5/c1-15-16(2)22(40-23-7-8-33-20-11-25(39-4)24(38-3)10-19(20)23)6-5-21(15)35-26(36)14-34(27(35)37)18-9-17(12-32-13-18)28(29,30)31/h5-13H,14H2,1-4H3. The monoisotopic (exact) mass is 552 g/mol. The second-order valence-electron chi connectivity index (χ2n) is 9.00. The Hall–Kier alpha value is -4.87. The van der Waals surface area contributed by atoms with Crippen molar-refractivity contribution in [2.45, 2.75) is 20.0 Å². The van der Waals surface area contributed by atoms with Crippen LogP contribution in [0, 0.1) is 13.8 Å². The molecule has 2 aromatic heterocycles. The van der Waals surface area contributed by atoms with Crippen molar-refractivity contribution < 1.29 is 37.0 Å². The number of aromatic nitrogens is 2. The third kappa shape index (κ3) is 4.61. The number of ether oxygens (including phenoxy) is 3. The molecule has 0 radical (unpaired) electrons. The predicted molar refractivity (Wildman–Crippen MR) is 140 cm³/mol. The van der Waals surface area contributed by atoms with Crippen molar-refractivity contribution in [3.8, 4) is 23.0 Å². The van der Waals surface area contributed by atoms with Gasteiger partial charge in [-0.15, -0.1) is 0 Å². The zero-order valence-electron chi connectivity index (χ0n) is 21.9. The second-order valence-corrected chi connectivity index (χ2v) is 9.00. The summed E-state index contributed by atoms with van der Waals surface area (Å²) < 4.78 is 56.5. The molecule has 1 aliphatic heterocycles. The molecule has 3 heterocycles. The Morgan fingerprint density at radius 3 is 2.30 bits per heavy atom. The average molecular weight is 553 g/mol. The third-order valence-electron chi connectivity index (χ3n) is 6.70. The van der Waals surface area contributed by atoms with Crippen molar-refractivity contribution in [1.29, 1.82) is 0 Å². The summed E-state index contributed by atoms with van der Waals surface area (Å²) in [4.78, 5) is 36.0. The van der Waals surface area contributed by atoms with Crippen molar-refractivity contribution in [1.82, 2.24) is 9.97 Å². The summed E-state index contributed by atoms with van der Waals surface area (Å²) in [5.41, 5.74) is 1.02. The molecule has 40 heavy (non-hydrogen) atoms. The SMILES string of the molecule is COc1cc2nccc(Oc3ccc(N4C(=O)CN(c5cncc(C(F)(F)F)c5)C4=O)c(C)c3C)c2cc1OC. The Kier molecular flexibility index (Phi) is 6.70. The van der Waals surface area contributed by atoms with Gasteiger partial charge < -0.3 is 14.2 Å². The number of methoxy groups -OCH3 is 2. The molecule has 0 spiro atoms. The lowest BCUT2D eigenvalue weighted by Crippen LogP contribution is -2.33. The van der Waals surface area contributed by atoms with E-state index in [1.807, 2.05) is 0 Å². The fraction of sp³-hybridized carbons (Fsp3) is 0.214. The van der Waals surface area contributed by atoms with Crippen LogP contribution in [-0.4, -0.2) is 42.7 Å². The molecular weight excluding hydrogens is 529 g/mol.